The Kier molecular flexibility index (Phi) is 9.65. The maximum absolute atomic E-state index is 10.7. The van der Waals surface area contributed by atoms with E-state index >= 15 is 0 Å². The molecule has 0 N–H and O–H groups in total. The van der Waals surface area contributed by atoms with Gasteiger partial charge in [-0.15, -0.1) is 0 Å². The lowest BCUT2D eigenvalue weighted by Crippen LogP contribution is -2.15. The number of hydrogen-bond acceptors (Lipinski definition) is 4. The number of para-hydroxylation sites is 3. The van der Waals surface area contributed by atoms with Crippen molar-refractivity contribution in [1.29, 1.82) is 5.26 Å². The van der Waals surface area contributed by atoms with Gasteiger partial charge in [0.1, 0.15) is 0 Å². The smallest absolute Gasteiger partial charge is 0.194 e. The molecule has 0 aliphatic heterocycles. The number of aromatic nitrogens is 5. The number of hydrogen-bond donors (Lipinski definition) is 0. The Bertz CT molecular complexity index is 4820. The molecular weight excluding hydrogens is 951 g/mol. The summed E-state index contributed by atoms with van der Waals surface area (Å²) in [5.41, 5.74) is 20.6. The Labute approximate surface area is 451 Å². The lowest BCUT2D eigenvalue weighted by Gasteiger charge is -2.23. The van der Waals surface area contributed by atoms with E-state index in [-0.39, 0.29) is 10.8 Å². The average Bonchev–Trinajstić information content (AvgIpc) is 3.14. The lowest BCUT2D eigenvalue weighted by molar-refractivity contribution is 0.666. The van der Waals surface area contributed by atoms with Crippen LogP contribution < -0.4 is 0 Å². The molecule has 0 unspecified atom stereocenters. The van der Waals surface area contributed by atoms with E-state index in [9.17, 15) is 5.26 Å². The maximum Gasteiger partial charge on any atom is 0.194 e. The van der Waals surface area contributed by atoms with E-state index in [1.54, 1.807) is 0 Å². The molecule has 0 saturated carbocycles. The summed E-state index contributed by atoms with van der Waals surface area (Å²) < 4.78 is 4.70. The molecule has 3 aromatic heterocycles. The van der Waals surface area contributed by atoms with Gasteiger partial charge in [-0.1, -0.05) is 185 Å². The Morgan fingerprint density at radius 1 is 0.410 bits per heavy atom. The van der Waals surface area contributed by atoms with Gasteiger partial charge in [0.25, 0.3) is 0 Å². The zero-order chi connectivity index (χ0) is 52.6. The zero-order valence-corrected chi connectivity index (χ0v) is 43.3. The van der Waals surface area contributed by atoms with Crippen LogP contribution in [0.4, 0.5) is 5.69 Å². The van der Waals surface area contributed by atoms with Crippen LogP contribution in [0, 0.1) is 17.9 Å². The van der Waals surface area contributed by atoms with E-state index in [4.69, 9.17) is 21.5 Å². The minimum atomic E-state index is -0.266. The van der Waals surface area contributed by atoms with Gasteiger partial charge in [-0.3, -0.25) is 0 Å². The van der Waals surface area contributed by atoms with Gasteiger partial charge in [-0.2, -0.15) is 5.26 Å². The van der Waals surface area contributed by atoms with Crippen molar-refractivity contribution in [3.05, 3.63) is 252 Å². The van der Waals surface area contributed by atoms with Crippen LogP contribution in [0.3, 0.4) is 0 Å². The summed E-state index contributed by atoms with van der Waals surface area (Å²) in [6.45, 7) is 17.6. The second kappa shape index (κ2) is 16.6. The van der Waals surface area contributed by atoms with Gasteiger partial charge in [0.15, 0.2) is 23.2 Å². The topological polar surface area (TPSA) is 76.7 Å². The molecule has 0 spiro atoms. The van der Waals surface area contributed by atoms with Crippen LogP contribution in [0.2, 0.25) is 0 Å². The van der Waals surface area contributed by atoms with Gasteiger partial charge in [0.2, 0.25) is 0 Å². The van der Waals surface area contributed by atoms with Gasteiger partial charge in [0, 0.05) is 49.1 Å². The summed E-state index contributed by atoms with van der Waals surface area (Å²) in [6.07, 6.45) is 0. The highest BCUT2D eigenvalue weighted by atomic mass is 15.1. The molecule has 0 atom stereocenters. The first-order valence-corrected chi connectivity index (χ1v) is 26.4. The third-order valence-electron chi connectivity index (χ3n) is 16.8. The third-order valence-corrected chi connectivity index (χ3v) is 16.8. The van der Waals surface area contributed by atoms with Crippen LogP contribution in [0.25, 0.3) is 127 Å². The molecule has 3 heterocycles. The molecule has 10 aromatic carbocycles. The summed E-state index contributed by atoms with van der Waals surface area (Å²) >= 11 is 0. The normalized spacial score (nSPS) is 13.6. The van der Waals surface area contributed by atoms with E-state index in [1.165, 1.54) is 55.3 Å². The number of benzene rings is 10. The van der Waals surface area contributed by atoms with Crippen molar-refractivity contribution in [2.45, 2.75) is 38.5 Å². The molecule has 7 heteroatoms. The number of nitriles is 1. The van der Waals surface area contributed by atoms with Crippen molar-refractivity contribution < 1.29 is 0 Å². The maximum atomic E-state index is 10.7. The first-order valence-electron chi connectivity index (χ1n) is 26.4. The fourth-order valence-corrected chi connectivity index (χ4v) is 13.4. The predicted molar refractivity (Wildman–Crippen MR) is 316 cm³/mol. The Morgan fingerprint density at radius 2 is 0.885 bits per heavy atom. The van der Waals surface area contributed by atoms with E-state index in [2.05, 4.69) is 187 Å². The Hall–Kier alpha value is -10.2. The van der Waals surface area contributed by atoms with E-state index < -0.39 is 0 Å². The summed E-state index contributed by atoms with van der Waals surface area (Å²) in [5.74, 6) is 1.35. The molecule has 0 bridgehead atoms. The number of nitrogens with zero attached hydrogens (tertiary/aromatic N) is 7. The van der Waals surface area contributed by atoms with Crippen LogP contribution in [-0.2, 0) is 10.8 Å². The molecule has 2 aliphatic carbocycles. The molecule has 0 fully saturated rings. The van der Waals surface area contributed by atoms with Gasteiger partial charge in [-0.25, -0.2) is 19.8 Å². The van der Waals surface area contributed by atoms with Gasteiger partial charge in [-0.05, 0) is 110 Å². The van der Waals surface area contributed by atoms with E-state index in [1.807, 2.05) is 72.8 Å². The van der Waals surface area contributed by atoms with Crippen LogP contribution in [0.15, 0.2) is 212 Å². The van der Waals surface area contributed by atoms with E-state index in [0.717, 1.165) is 66.5 Å². The molecule has 15 rings (SSSR count). The second-order valence-corrected chi connectivity index (χ2v) is 21.7. The fourth-order valence-electron chi connectivity index (χ4n) is 13.4. The summed E-state index contributed by atoms with van der Waals surface area (Å²) in [6, 6.07) is 76.5. The molecule has 7 nitrogen and oxygen atoms in total. The SMILES string of the molecule is [C-]#[N+]c1ccccc1-c1ccc(-n2c3ccccc3c3c4c(ccc32)-c2ccccc2C4(C)C)c(-c2nc(-c3ccccc3)nc(-c3cc(C#N)ccc3-n3c4ccccc4c4c5c(ccc43)-c3ccccc3C5(C)C)n2)c1. The highest BCUT2D eigenvalue weighted by Crippen LogP contribution is 2.55. The first kappa shape index (κ1) is 45.2. The predicted octanol–water partition coefficient (Wildman–Crippen LogP) is 17.8. The van der Waals surface area contributed by atoms with Crippen molar-refractivity contribution in [3.8, 4) is 85.0 Å². The molecule has 13 aromatic rings. The van der Waals surface area contributed by atoms with Crippen molar-refractivity contribution in [1.82, 2.24) is 24.1 Å². The van der Waals surface area contributed by atoms with E-state index in [0.29, 0.717) is 34.3 Å². The Morgan fingerprint density at radius 3 is 1.45 bits per heavy atom. The molecule has 78 heavy (non-hydrogen) atoms. The summed E-state index contributed by atoms with van der Waals surface area (Å²) in [4.78, 5) is 20.4. The van der Waals surface area contributed by atoms with Crippen molar-refractivity contribution in [2.75, 3.05) is 0 Å². The summed E-state index contributed by atoms with van der Waals surface area (Å²) in [7, 11) is 0. The van der Waals surface area contributed by atoms with Crippen molar-refractivity contribution in [2.24, 2.45) is 0 Å². The minimum absolute atomic E-state index is 0.263. The van der Waals surface area contributed by atoms with Gasteiger partial charge >= 0.3 is 0 Å². The van der Waals surface area contributed by atoms with Crippen LogP contribution in [-0.4, -0.2) is 24.1 Å². The average molecular weight is 998 g/mol. The highest BCUT2D eigenvalue weighted by Gasteiger charge is 2.40. The highest BCUT2D eigenvalue weighted by molar-refractivity contribution is 6.16. The van der Waals surface area contributed by atoms with Crippen LogP contribution in [0.5, 0.6) is 0 Å². The van der Waals surface area contributed by atoms with Crippen LogP contribution >= 0.6 is 0 Å². The quantitative estimate of drug-likeness (QED) is 0.156. The van der Waals surface area contributed by atoms with Gasteiger partial charge in [0.05, 0.1) is 51.6 Å². The molecule has 366 valence electrons. The van der Waals surface area contributed by atoms with Crippen molar-refractivity contribution >= 4 is 49.3 Å². The number of fused-ring (bicyclic) bond motifs is 14. The molecule has 2 aliphatic rings. The van der Waals surface area contributed by atoms with Gasteiger partial charge < -0.3 is 9.13 Å². The molecular formula is C71H47N7. The lowest BCUT2D eigenvalue weighted by atomic mass is 9.80. The molecule has 0 saturated heterocycles. The fraction of sp³-hybridized carbons (Fsp3) is 0.0845. The summed E-state index contributed by atoms with van der Waals surface area (Å²) in [5, 5.41) is 15.4. The number of rotatable bonds is 6. The van der Waals surface area contributed by atoms with Crippen molar-refractivity contribution in [3.63, 3.8) is 0 Å². The molecule has 0 radical (unpaired) electrons. The minimum Gasteiger partial charge on any atom is -0.308 e. The Balaban J connectivity index is 1.03. The molecule has 0 amide bonds. The monoisotopic (exact) mass is 997 g/mol. The largest absolute Gasteiger partial charge is 0.308 e. The first-order chi connectivity index (χ1) is 38.1. The standard InChI is InChI=1S/C71H47N7/c1-70(2)54-26-14-9-22-46(54)48-33-37-61-63(65(48)70)50-24-12-17-29-57(50)77(61)59-35-31-42(41-72)39-52(59)68-74-67(43-19-7-6-8-20-43)75-69(76-68)53-40-44(45-21-11-16-28-56(45)73-5)32-36-60(53)78-58-30-18-13-25-51(58)64-62(78)38-34-49-47-23-10-15-27-55(47)71(3,4)66(49)64/h6-40H,1-4H3. The second-order valence-electron chi connectivity index (χ2n) is 21.7. The van der Waals surface area contributed by atoms with Crippen LogP contribution in [0.1, 0.15) is 55.5 Å². The third kappa shape index (κ3) is 6.34. The zero-order valence-electron chi connectivity index (χ0n) is 43.3.